The minimum Gasteiger partial charge on any atom is -0.495 e. The molecule has 0 saturated carbocycles. The van der Waals surface area contributed by atoms with Crippen molar-refractivity contribution in [3.8, 4) is 5.75 Å². The first-order chi connectivity index (χ1) is 18.5. The van der Waals surface area contributed by atoms with Crippen LogP contribution in [0, 0.1) is 0 Å². The number of amides is 1. The second kappa shape index (κ2) is 15.5. The molecule has 9 heteroatoms. The van der Waals surface area contributed by atoms with Gasteiger partial charge in [0.25, 0.3) is 0 Å². The molecule has 39 heavy (non-hydrogen) atoms. The molecule has 1 saturated heterocycles. The number of nitrogens with one attached hydrogen (secondary N) is 1. The lowest BCUT2D eigenvalue weighted by atomic mass is 9.87. The van der Waals surface area contributed by atoms with Crippen molar-refractivity contribution in [3.05, 3.63) is 65.7 Å². The van der Waals surface area contributed by atoms with E-state index in [1.807, 2.05) is 18.2 Å². The highest BCUT2D eigenvalue weighted by atomic mass is 16.5. The maximum Gasteiger partial charge on any atom is 0.414 e. The predicted octanol–water partition coefficient (Wildman–Crippen LogP) is 3.88. The molecule has 0 aromatic heterocycles. The zero-order valence-electron chi connectivity index (χ0n) is 23.4. The molecule has 1 aliphatic heterocycles. The molecule has 0 radical (unpaired) electrons. The van der Waals surface area contributed by atoms with Crippen LogP contribution in [-0.2, 0) is 19.8 Å². The molecule has 0 spiro atoms. The number of piperazine rings is 1. The van der Waals surface area contributed by atoms with Crippen LogP contribution in [0.4, 0.5) is 5.69 Å². The first-order valence-corrected chi connectivity index (χ1v) is 13.1. The number of aliphatic carboxylic acids is 2. The van der Waals surface area contributed by atoms with Gasteiger partial charge in [-0.25, -0.2) is 9.59 Å². The van der Waals surface area contributed by atoms with Crippen LogP contribution >= 0.6 is 0 Å². The minimum absolute atomic E-state index is 0.0275. The Morgan fingerprint density at radius 1 is 0.923 bits per heavy atom. The van der Waals surface area contributed by atoms with E-state index in [0.717, 1.165) is 56.9 Å². The first-order valence-electron chi connectivity index (χ1n) is 13.1. The number of hydrogen-bond donors (Lipinski definition) is 3. The Morgan fingerprint density at radius 3 is 2.10 bits per heavy atom. The van der Waals surface area contributed by atoms with E-state index < -0.39 is 11.9 Å². The number of carboxylic acids is 2. The van der Waals surface area contributed by atoms with Crippen molar-refractivity contribution in [1.29, 1.82) is 0 Å². The summed E-state index contributed by atoms with van der Waals surface area (Å²) in [5, 5.41) is 17.8. The minimum atomic E-state index is -1.82. The number of benzene rings is 2. The van der Waals surface area contributed by atoms with Gasteiger partial charge in [0.15, 0.2) is 0 Å². The molecule has 3 rings (SSSR count). The third kappa shape index (κ3) is 11.2. The number of ether oxygens (including phenoxy) is 1. The van der Waals surface area contributed by atoms with Gasteiger partial charge in [0, 0.05) is 38.8 Å². The number of carbonyl (C=O) groups excluding carboxylic acids is 1. The molecule has 0 bridgehead atoms. The summed E-state index contributed by atoms with van der Waals surface area (Å²) in [4.78, 5) is 35.2. The van der Waals surface area contributed by atoms with Crippen LogP contribution in [0.5, 0.6) is 5.75 Å². The number of anilines is 1. The van der Waals surface area contributed by atoms with Gasteiger partial charge in [-0.2, -0.15) is 0 Å². The lowest BCUT2D eigenvalue weighted by molar-refractivity contribution is -0.159. The SMILES string of the molecule is COc1ccccc1N1CCN(CCCCNC(=O)/C=C/c2ccc(C(C)(C)C)cc2)CC1.O=C(O)C(=O)O. The zero-order chi connectivity index (χ0) is 28.8. The Morgan fingerprint density at radius 2 is 1.54 bits per heavy atom. The lowest BCUT2D eigenvalue weighted by Gasteiger charge is -2.36. The van der Waals surface area contributed by atoms with Gasteiger partial charge in [0.2, 0.25) is 5.91 Å². The van der Waals surface area contributed by atoms with E-state index in [1.165, 1.54) is 11.3 Å². The molecule has 9 nitrogen and oxygen atoms in total. The highest BCUT2D eigenvalue weighted by Crippen LogP contribution is 2.28. The number of unbranched alkanes of at least 4 members (excludes halogenated alkanes) is 1. The summed E-state index contributed by atoms with van der Waals surface area (Å²) in [7, 11) is 1.73. The van der Waals surface area contributed by atoms with Gasteiger partial charge in [-0.05, 0) is 54.1 Å². The highest BCUT2D eigenvalue weighted by Gasteiger charge is 2.19. The molecule has 0 atom stereocenters. The molecular weight excluding hydrogens is 498 g/mol. The second-order valence-corrected chi connectivity index (χ2v) is 10.3. The van der Waals surface area contributed by atoms with Gasteiger partial charge in [0.1, 0.15) is 5.75 Å². The molecular formula is C30H41N3O6. The first kappa shape index (κ1) is 31.4. The number of para-hydroxylation sites is 2. The Balaban J connectivity index is 0.000000798. The van der Waals surface area contributed by atoms with Crippen LogP contribution < -0.4 is 15.0 Å². The van der Waals surface area contributed by atoms with Gasteiger partial charge in [-0.1, -0.05) is 57.2 Å². The van der Waals surface area contributed by atoms with Gasteiger partial charge >= 0.3 is 11.9 Å². The summed E-state index contributed by atoms with van der Waals surface area (Å²) in [5.74, 6) is -2.73. The monoisotopic (exact) mass is 539 g/mol. The van der Waals surface area contributed by atoms with Crippen LogP contribution in [0.1, 0.15) is 44.7 Å². The zero-order valence-corrected chi connectivity index (χ0v) is 23.4. The highest BCUT2D eigenvalue weighted by molar-refractivity contribution is 6.27. The topological polar surface area (TPSA) is 119 Å². The fourth-order valence-corrected chi connectivity index (χ4v) is 4.10. The van der Waals surface area contributed by atoms with E-state index in [4.69, 9.17) is 24.5 Å². The number of carboxylic acid groups (broad SMARTS) is 2. The number of carbonyl (C=O) groups is 3. The number of nitrogens with zero attached hydrogens (tertiary/aromatic N) is 2. The lowest BCUT2D eigenvalue weighted by Crippen LogP contribution is -2.46. The summed E-state index contributed by atoms with van der Waals surface area (Å²) in [6, 6.07) is 16.6. The van der Waals surface area contributed by atoms with E-state index in [0.29, 0.717) is 6.54 Å². The molecule has 1 aliphatic rings. The van der Waals surface area contributed by atoms with Crippen LogP contribution in [0.2, 0.25) is 0 Å². The van der Waals surface area contributed by atoms with Gasteiger partial charge in [-0.3, -0.25) is 9.69 Å². The molecule has 3 N–H and O–H groups in total. The van der Waals surface area contributed by atoms with Crippen LogP contribution in [0.15, 0.2) is 54.6 Å². The molecule has 2 aromatic carbocycles. The van der Waals surface area contributed by atoms with E-state index >= 15 is 0 Å². The maximum atomic E-state index is 12.1. The fraction of sp³-hybridized carbons (Fsp3) is 0.433. The summed E-state index contributed by atoms with van der Waals surface area (Å²) in [5.41, 5.74) is 3.67. The molecule has 212 valence electrons. The number of rotatable bonds is 9. The van der Waals surface area contributed by atoms with Gasteiger partial charge < -0.3 is 25.2 Å². The maximum absolute atomic E-state index is 12.1. The Hall–Kier alpha value is -3.85. The molecule has 1 amide bonds. The Labute approximate surface area is 231 Å². The van der Waals surface area contributed by atoms with Crippen molar-refractivity contribution in [1.82, 2.24) is 10.2 Å². The Bertz CT molecular complexity index is 1090. The standard InChI is InChI=1S/C28H39N3O2.C2H2O4/c1-28(2,3)24-14-11-23(12-15-24)13-16-27(32)29-17-7-8-18-30-19-21-31(22-20-30)25-9-5-6-10-26(25)33-4;3-1(4)2(5)6/h5-6,9-16H,7-8,17-22H2,1-4H3,(H,29,32);(H,3,4)(H,5,6)/b16-13+;. The third-order valence-electron chi connectivity index (χ3n) is 6.39. The smallest absolute Gasteiger partial charge is 0.414 e. The quantitative estimate of drug-likeness (QED) is 0.250. The van der Waals surface area contributed by atoms with Crippen molar-refractivity contribution in [2.24, 2.45) is 0 Å². The van der Waals surface area contributed by atoms with Crippen molar-refractivity contribution in [3.63, 3.8) is 0 Å². The normalized spacial score (nSPS) is 13.9. The summed E-state index contributed by atoms with van der Waals surface area (Å²) in [6.07, 6.45) is 5.59. The van der Waals surface area contributed by atoms with Crippen LogP contribution in [-0.4, -0.2) is 79.3 Å². The van der Waals surface area contributed by atoms with E-state index in [-0.39, 0.29) is 11.3 Å². The predicted molar refractivity (Wildman–Crippen MR) is 153 cm³/mol. The van der Waals surface area contributed by atoms with Crippen molar-refractivity contribution < 1.29 is 29.3 Å². The van der Waals surface area contributed by atoms with Gasteiger partial charge in [0.05, 0.1) is 12.8 Å². The number of hydrogen-bond acceptors (Lipinski definition) is 6. The fourth-order valence-electron chi connectivity index (χ4n) is 4.10. The summed E-state index contributed by atoms with van der Waals surface area (Å²) < 4.78 is 5.50. The Kier molecular flexibility index (Phi) is 12.5. The van der Waals surface area contributed by atoms with Crippen LogP contribution in [0.3, 0.4) is 0 Å². The van der Waals surface area contributed by atoms with E-state index in [1.54, 1.807) is 13.2 Å². The number of methoxy groups -OCH3 is 1. The van der Waals surface area contributed by atoms with Crippen molar-refractivity contribution in [2.45, 2.75) is 39.0 Å². The third-order valence-corrected chi connectivity index (χ3v) is 6.39. The largest absolute Gasteiger partial charge is 0.495 e. The van der Waals surface area contributed by atoms with E-state index in [2.05, 4.69) is 72.3 Å². The van der Waals surface area contributed by atoms with Crippen molar-refractivity contribution in [2.75, 3.05) is 51.3 Å². The summed E-state index contributed by atoms with van der Waals surface area (Å²) >= 11 is 0. The average Bonchev–Trinajstić information content (AvgIpc) is 2.92. The molecule has 1 fully saturated rings. The molecule has 1 heterocycles. The summed E-state index contributed by atoms with van der Waals surface area (Å²) in [6.45, 7) is 12.5. The average molecular weight is 540 g/mol. The van der Waals surface area contributed by atoms with E-state index in [9.17, 15) is 4.79 Å². The molecule has 0 unspecified atom stereocenters. The second-order valence-electron chi connectivity index (χ2n) is 10.3. The molecule has 0 aliphatic carbocycles. The molecule has 2 aromatic rings. The van der Waals surface area contributed by atoms with Crippen molar-refractivity contribution >= 4 is 29.6 Å². The van der Waals surface area contributed by atoms with Gasteiger partial charge in [-0.15, -0.1) is 0 Å². The van der Waals surface area contributed by atoms with Crippen LogP contribution in [0.25, 0.3) is 6.08 Å².